The molecule has 38 heavy (non-hydrogen) atoms. The van der Waals surface area contributed by atoms with E-state index in [2.05, 4.69) is 27.7 Å². The smallest absolute Gasteiger partial charge is 0.335 e. The number of rotatable bonds is 4. The van der Waals surface area contributed by atoms with E-state index < -0.39 is 35.7 Å². The van der Waals surface area contributed by atoms with Crippen molar-refractivity contribution >= 4 is 11.9 Å². The summed E-state index contributed by atoms with van der Waals surface area (Å²) in [7, 11) is 0. The van der Waals surface area contributed by atoms with Crippen LogP contribution in [0.5, 0.6) is 0 Å². The summed E-state index contributed by atoms with van der Waals surface area (Å²) in [6, 6.07) is -0.250. The molecule has 4 fully saturated rings. The predicted molar refractivity (Wildman–Crippen MR) is 146 cm³/mol. The summed E-state index contributed by atoms with van der Waals surface area (Å²) in [5.41, 5.74) is 7.47. The molecule has 0 bridgehead atoms. The molecule has 0 amide bonds. The van der Waals surface area contributed by atoms with Gasteiger partial charge in [-0.05, 0) is 97.5 Å². The minimum atomic E-state index is -1.06. The minimum absolute atomic E-state index is 0.0914. The number of allylic oxidation sites excluding steroid dienone is 3. The molecular formula is C31H47NO6. The third-order valence-corrected chi connectivity index (χ3v) is 11.5. The first kappa shape index (κ1) is 29.0. The van der Waals surface area contributed by atoms with Crippen LogP contribution >= 0.6 is 0 Å². The van der Waals surface area contributed by atoms with E-state index in [0.717, 1.165) is 18.4 Å². The molecule has 0 saturated heterocycles. The normalized spacial score (nSPS) is 47.5. The Morgan fingerprint density at radius 2 is 1.71 bits per heavy atom. The number of carbonyl (C=O) groups is 2. The standard InChI is InChI=1S/C31H47NO6/c1-16(2)9-8-10-19(28(36)37)26-21-13-23(35)27-29(5,30(21,6)15-24(26)38-18(4)33)12-11-20-17(3)22(34)14-25(32)31(20,27)7/h8-10,17,20-25,27,34-35H,11-15,32H2,1-7H3,(H,36,37)/b10-8-,26-19-/t17?,20-,21-,22+,23+,24?,25+,27+,29?,30?,31?/m0/s1. The highest BCUT2D eigenvalue weighted by Crippen LogP contribution is 2.74. The molecule has 11 atom stereocenters. The van der Waals surface area contributed by atoms with E-state index in [9.17, 15) is 24.9 Å². The summed E-state index contributed by atoms with van der Waals surface area (Å²) >= 11 is 0. The Bertz CT molecular complexity index is 1070. The van der Waals surface area contributed by atoms with Gasteiger partial charge < -0.3 is 25.8 Å². The Labute approximate surface area is 227 Å². The van der Waals surface area contributed by atoms with Crippen molar-refractivity contribution in [3.05, 3.63) is 34.9 Å². The highest BCUT2D eigenvalue weighted by molar-refractivity contribution is 5.91. The number of esters is 1. The minimum Gasteiger partial charge on any atom is -0.478 e. The van der Waals surface area contributed by atoms with Gasteiger partial charge in [-0.15, -0.1) is 0 Å². The number of carboxylic acids is 1. The van der Waals surface area contributed by atoms with Gasteiger partial charge in [0, 0.05) is 13.0 Å². The zero-order valence-corrected chi connectivity index (χ0v) is 24.0. The Morgan fingerprint density at radius 3 is 2.29 bits per heavy atom. The molecule has 212 valence electrons. The highest BCUT2D eigenvalue weighted by atomic mass is 16.5. The second-order valence-corrected chi connectivity index (χ2v) is 13.5. The number of aliphatic hydroxyl groups excluding tert-OH is 2. The topological polar surface area (TPSA) is 130 Å². The summed E-state index contributed by atoms with van der Waals surface area (Å²) in [6.07, 6.45) is 6.51. The van der Waals surface area contributed by atoms with Crippen LogP contribution in [0.15, 0.2) is 34.9 Å². The van der Waals surface area contributed by atoms with E-state index in [4.69, 9.17) is 10.5 Å². The van der Waals surface area contributed by atoms with Crippen LogP contribution in [0.25, 0.3) is 0 Å². The Kier molecular flexibility index (Phi) is 7.56. The average Bonchev–Trinajstić information content (AvgIpc) is 3.06. The number of hydrogen-bond donors (Lipinski definition) is 4. The van der Waals surface area contributed by atoms with Crippen molar-refractivity contribution in [2.45, 2.75) is 105 Å². The molecule has 0 aliphatic heterocycles. The van der Waals surface area contributed by atoms with Crippen molar-refractivity contribution < 1.29 is 29.6 Å². The Balaban J connectivity index is 1.88. The van der Waals surface area contributed by atoms with Crippen LogP contribution in [0.2, 0.25) is 0 Å². The van der Waals surface area contributed by atoms with Gasteiger partial charge in [-0.2, -0.15) is 0 Å². The molecule has 0 radical (unpaired) electrons. The summed E-state index contributed by atoms with van der Waals surface area (Å²) in [4.78, 5) is 24.8. The SMILES string of the molecule is CC(=O)OC1CC2(C)[C@@H](C[C@@H](O)[C@H]3C4(C)[C@H](N)C[C@@H](O)C(C)[C@@H]4CCC32C)/C1=C(\C=C/C=C(C)C)C(=O)O. The van der Waals surface area contributed by atoms with Gasteiger partial charge in [0.05, 0.1) is 17.8 Å². The molecule has 4 saturated carbocycles. The van der Waals surface area contributed by atoms with Crippen LogP contribution in [-0.4, -0.2) is 51.6 Å². The van der Waals surface area contributed by atoms with E-state index in [1.165, 1.54) is 6.92 Å². The van der Waals surface area contributed by atoms with Gasteiger partial charge in [0.25, 0.3) is 0 Å². The average molecular weight is 530 g/mol. The highest BCUT2D eigenvalue weighted by Gasteiger charge is 2.72. The van der Waals surface area contributed by atoms with Crippen molar-refractivity contribution in [3.8, 4) is 0 Å². The molecule has 5 unspecified atom stereocenters. The van der Waals surface area contributed by atoms with Crippen molar-refractivity contribution in [1.29, 1.82) is 0 Å². The van der Waals surface area contributed by atoms with Crippen LogP contribution < -0.4 is 5.73 Å². The molecule has 4 aliphatic carbocycles. The Morgan fingerprint density at radius 1 is 1.05 bits per heavy atom. The molecule has 7 heteroatoms. The van der Waals surface area contributed by atoms with Gasteiger partial charge in [0.15, 0.2) is 0 Å². The van der Waals surface area contributed by atoms with Crippen LogP contribution in [0.4, 0.5) is 0 Å². The molecule has 4 aliphatic rings. The van der Waals surface area contributed by atoms with Gasteiger partial charge in [0.2, 0.25) is 0 Å². The fourth-order valence-corrected chi connectivity index (χ4v) is 9.55. The van der Waals surface area contributed by atoms with Crippen LogP contribution in [-0.2, 0) is 14.3 Å². The zero-order valence-electron chi connectivity index (χ0n) is 24.0. The molecule has 7 nitrogen and oxygen atoms in total. The zero-order chi connectivity index (χ0) is 28.4. The fraction of sp³-hybridized carbons (Fsp3) is 0.742. The van der Waals surface area contributed by atoms with E-state index in [0.29, 0.717) is 24.8 Å². The lowest BCUT2D eigenvalue weighted by Crippen LogP contribution is -2.70. The lowest BCUT2D eigenvalue weighted by atomic mass is 9.35. The van der Waals surface area contributed by atoms with E-state index in [1.54, 1.807) is 12.2 Å². The van der Waals surface area contributed by atoms with E-state index in [-0.39, 0.29) is 46.1 Å². The number of carbonyl (C=O) groups excluding carboxylic acids is 1. The second kappa shape index (κ2) is 9.90. The van der Waals surface area contributed by atoms with Crippen LogP contribution in [0.3, 0.4) is 0 Å². The predicted octanol–water partition coefficient (Wildman–Crippen LogP) is 4.38. The van der Waals surface area contributed by atoms with Gasteiger partial charge >= 0.3 is 11.9 Å². The van der Waals surface area contributed by atoms with Crippen molar-refractivity contribution in [2.24, 2.45) is 45.7 Å². The number of aliphatic carboxylic acids is 1. The van der Waals surface area contributed by atoms with Crippen molar-refractivity contribution in [3.63, 3.8) is 0 Å². The first-order chi connectivity index (χ1) is 17.6. The molecule has 0 heterocycles. The number of aliphatic hydroxyl groups is 2. The van der Waals surface area contributed by atoms with Gasteiger partial charge in [0.1, 0.15) is 6.10 Å². The summed E-state index contributed by atoms with van der Waals surface area (Å²) in [6.45, 7) is 14.0. The number of fused-ring (bicyclic) bond motifs is 5. The van der Waals surface area contributed by atoms with E-state index in [1.807, 2.05) is 19.9 Å². The first-order valence-electron chi connectivity index (χ1n) is 14.2. The summed E-state index contributed by atoms with van der Waals surface area (Å²) < 4.78 is 5.83. The number of ether oxygens (including phenoxy) is 1. The monoisotopic (exact) mass is 529 g/mol. The molecule has 0 spiro atoms. The summed E-state index contributed by atoms with van der Waals surface area (Å²) in [5, 5.41) is 33.0. The molecule has 5 N–H and O–H groups in total. The maximum absolute atomic E-state index is 12.6. The summed E-state index contributed by atoms with van der Waals surface area (Å²) in [5.74, 6) is -1.59. The van der Waals surface area contributed by atoms with E-state index >= 15 is 0 Å². The molecule has 0 aromatic heterocycles. The molecule has 0 aromatic rings. The van der Waals surface area contributed by atoms with Crippen LogP contribution in [0, 0.1) is 39.9 Å². The maximum Gasteiger partial charge on any atom is 0.335 e. The first-order valence-corrected chi connectivity index (χ1v) is 14.2. The molecular weight excluding hydrogens is 482 g/mol. The van der Waals surface area contributed by atoms with Crippen LogP contribution in [0.1, 0.15) is 80.6 Å². The second-order valence-electron chi connectivity index (χ2n) is 13.5. The lowest BCUT2D eigenvalue weighted by Gasteiger charge is -2.70. The fourth-order valence-electron chi connectivity index (χ4n) is 9.55. The quantitative estimate of drug-likeness (QED) is 0.242. The third kappa shape index (κ3) is 4.20. The van der Waals surface area contributed by atoms with Crippen molar-refractivity contribution in [1.82, 2.24) is 0 Å². The largest absolute Gasteiger partial charge is 0.478 e. The third-order valence-electron chi connectivity index (χ3n) is 11.5. The number of carboxylic acid groups (broad SMARTS) is 1. The van der Waals surface area contributed by atoms with Gasteiger partial charge in [-0.1, -0.05) is 45.4 Å². The number of hydrogen-bond acceptors (Lipinski definition) is 6. The number of nitrogens with two attached hydrogens (primary N) is 1. The van der Waals surface area contributed by atoms with Gasteiger partial charge in [-0.3, -0.25) is 4.79 Å². The maximum atomic E-state index is 12.6. The lowest BCUT2D eigenvalue weighted by molar-refractivity contribution is -0.239. The Hall–Kier alpha value is -1.96. The van der Waals surface area contributed by atoms with Crippen molar-refractivity contribution in [2.75, 3.05) is 0 Å². The molecule has 0 aromatic carbocycles. The van der Waals surface area contributed by atoms with Gasteiger partial charge in [-0.25, -0.2) is 4.79 Å². The molecule has 4 rings (SSSR count).